The molecule has 0 aliphatic carbocycles. The number of hydrogen-bond donors (Lipinski definition) is 0. The van der Waals surface area contributed by atoms with E-state index < -0.39 is 0 Å². The zero-order valence-corrected chi connectivity index (χ0v) is 8.12. The Kier molecular flexibility index (Phi) is 2.14. The van der Waals surface area contributed by atoms with Crippen LogP contribution in [0.4, 0.5) is 5.69 Å². The van der Waals surface area contributed by atoms with Crippen LogP contribution in [0.1, 0.15) is 0 Å². The monoisotopic (exact) mass is 189 g/mol. The molecule has 0 N–H and O–H groups in total. The third-order valence-electron chi connectivity index (χ3n) is 1.90. The fourth-order valence-electron chi connectivity index (χ4n) is 1.14. The van der Waals surface area contributed by atoms with E-state index >= 15 is 0 Å². The summed E-state index contributed by atoms with van der Waals surface area (Å²) < 4.78 is 1.63. The number of pyridine rings is 1. The number of anilines is 1. The lowest BCUT2D eigenvalue weighted by Crippen LogP contribution is -2.09. The first-order chi connectivity index (χ1) is 6.77. The number of hydrogen-bond acceptors (Lipinski definition) is 4. The first-order valence-electron chi connectivity index (χ1n) is 4.26. The molecule has 2 aromatic rings. The lowest BCUT2D eigenvalue weighted by atomic mass is 10.3. The molecule has 0 radical (unpaired) electrons. The second kappa shape index (κ2) is 3.45. The summed E-state index contributed by atoms with van der Waals surface area (Å²) >= 11 is 0. The van der Waals surface area contributed by atoms with Gasteiger partial charge < -0.3 is 4.90 Å². The van der Waals surface area contributed by atoms with Crippen LogP contribution in [-0.2, 0) is 0 Å². The Morgan fingerprint density at radius 1 is 1.36 bits per heavy atom. The van der Waals surface area contributed by atoms with Crippen molar-refractivity contribution in [1.29, 1.82) is 0 Å². The van der Waals surface area contributed by atoms with Gasteiger partial charge >= 0.3 is 0 Å². The van der Waals surface area contributed by atoms with Gasteiger partial charge in [-0.25, -0.2) is 14.6 Å². The second-order valence-electron chi connectivity index (χ2n) is 3.11. The fraction of sp³-hybridized carbons (Fsp3) is 0.222. The highest BCUT2D eigenvalue weighted by Crippen LogP contribution is 2.12. The smallest absolute Gasteiger partial charge is 0.157 e. The van der Waals surface area contributed by atoms with Crippen molar-refractivity contribution in [2.45, 2.75) is 0 Å². The normalized spacial score (nSPS) is 10.1. The van der Waals surface area contributed by atoms with Gasteiger partial charge in [0, 0.05) is 32.0 Å². The van der Waals surface area contributed by atoms with Crippen LogP contribution < -0.4 is 4.90 Å². The van der Waals surface area contributed by atoms with Gasteiger partial charge in [0.2, 0.25) is 0 Å². The average molecular weight is 189 g/mol. The maximum absolute atomic E-state index is 4.20. The molecule has 0 fully saturated rings. The van der Waals surface area contributed by atoms with Crippen LogP contribution in [-0.4, -0.2) is 33.8 Å². The molecule has 0 aromatic carbocycles. The van der Waals surface area contributed by atoms with Crippen molar-refractivity contribution in [2.24, 2.45) is 0 Å². The average Bonchev–Trinajstić information content (AvgIpc) is 2.71. The van der Waals surface area contributed by atoms with E-state index in [1.54, 1.807) is 17.2 Å². The molecular formula is C9H11N5. The highest BCUT2D eigenvalue weighted by Gasteiger charge is 2.00. The lowest BCUT2D eigenvalue weighted by Gasteiger charge is -2.12. The maximum atomic E-state index is 4.20. The minimum absolute atomic E-state index is 0.772. The van der Waals surface area contributed by atoms with E-state index in [9.17, 15) is 0 Å². The zero-order valence-electron chi connectivity index (χ0n) is 8.12. The largest absolute Gasteiger partial charge is 0.378 e. The quantitative estimate of drug-likeness (QED) is 0.698. The van der Waals surface area contributed by atoms with Gasteiger partial charge in [0.25, 0.3) is 0 Å². The minimum atomic E-state index is 0.772. The van der Waals surface area contributed by atoms with E-state index in [0.717, 1.165) is 11.5 Å². The van der Waals surface area contributed by atoms with Crippen molar-refractivity contribution >= 4 is 5.69 Å². The molecule has 0 aliphatic heterocycles. The highest BCUT2D eigenvalue weighted by atomic mass is 15.3. The van der Waals surface area contributed by atoms with Gasteiger partial charge in [0.1, 0.15) is 12.7 Å². The molecule has 0 atom stereocenters. The number of rotatable bonds is 2. The van der Waals surface area contributed by atoms with Crippen molar-refractivity contribution in [2.75, 3.05) is 19.0 Å². The molecule has 0 spiro atoms. The molecule has 0 unspecified atom stereocenters. The molecule has 0 amide bonds. The lowest BCUT2D eigenvalue weighted by molar-refractivity contribution is 0.844. The molecule has 14 heavy (non-hydrogen) atoms. The van der Waals surface area contributed by atoms with E-state index in [4.69, 9.17) is 0 Å². The topological polar surface area (TPSA) is 46.8 Å². The zero-order chi connectivity index (χ0) is 9.97. The first-order valence-corrected chi connectivity index (χ1v) is 4.26. The SMILES string of the molecule is CN(C)c1ccnc(-n2cncn2)c1. The van der Waals surface area contributed by atoms with Gasteiger partial charge in [-0.05, 0) is 6.07 Å². The van der Waals surface area contributed by atoms with Crippen LogP contribution in [0.2, 0.25) is 0 Å². The summed E-state index contributed by atoms with van der Waals surface area (Å²) in [7, 11) is 3.97. The van der Waals surface area contributed by atoms with Crippen LogP contribution in [0.25, 0.3) is 5.82 Å². The Labute approximate surface area is 82.0 Å². The molecule has 72 valence electrons. The summed E-state index contributed by atoms with van der Waals surface area (Å²) in [4.78, 5) is 10.1. The second-order valence-corrected chi connectivity index (χ2v) is 3.11. The van der Waals surface area contributed by atoms with Crippen LogP contribution in [0.15, 0.2) is 31.0 Å². The van der Waals surface area contributed by atoms with Gasteiger partial charge in [-0.1, -0.05) is 0 Å². The summed E-state index contributed by atoms with van der Waals surface area (Å²) in [6.07, 6.45) is 4.87. The minimum Gasteiger partial charge on any atom is -0.378 e. The molecule has 0 saturated carbocycles. The van der Waals surface area contributed by atoms with Crippen LogP contribution in [0, 0.1) is 0 Å². The standard InChI is InChI=1S/C9H11N5/c1-13(2)8-3-4-11-9(5-8)14-7-10-6-12-14/h3-7H,1-2H3. The summed E-state index contributed by atoms with van der Waals surface area (Å²) in [5, 5.41) is 4.01. The Balaban J connectivity index is 2.41. The van der Waals surface area contributed by atoms with E-state index in [0.29, 0.717) is 0 Å². The summed E-state index contributed by atoms with van der Waals surface area (Å²) in [6.45, 7) is 0. The van der Waals surface area contributed by atoms with Crippen molar-refractivity contribution in [3.05, 3.63) is 31.0 Å². The van der Waals surface area contributed by atoms with Crippen LogP contribution in [0.5, 0.6) is 0 Å². The van der Waals surface area contributed by atoms with Gasteiger partial charge in [-0.2, -0.15) is 5.10 Å². The number of aromatic nitrogens is 4. The van der Waals surface area contributed by atoms with Crippen molar-refractivity contribution in [3.63, 3.8) is 0 Å². The Morgan fingerprint density at radius 3 is 2.86 bits per heavy atom. The molecule has 2 heterocycles. The predicted octanol–water partition coefficient (Wildman–Crippen LogP) is 0.728. The third kappa shape index (κ3) is 1.56. The Morgan fingerprint density at radius 2 is 2.21 bits per heavy atom. The van der Waals surface area contributed by atoms with Gasteiger partial charge in [0.05, 0.1) is 0 Å². The number of nitrogens with zero attached hydrogens (tertiary/aromatic N) is 5. The molecule has 2 rings (SSSR count). The van der Waals surface area contributed by atoms with E-state index in [1.807, 2.05) is 31.1 Å². The van der Waals surface area contributed by atoms with Crippen molar-refractivity contribution in [3.8, 4) is 5.82 Å². The van der Waals surface area contributed by atoms with Gasteiger partial charge in [-0.15, -0.1) is 0 Å². The third-order valence-corrected chi connectivity index (χ3v) is 1.90. The molecule has 0 saturated heterocycles. The molecule has 2 aromatic heterocycles. The summed E-state index contributed by atoms with van der Waals surface area (Å²) in [6, 6.07) is 3.90. The van der Waals surface area contributed by atoms with Crippen molar-refractivity contribution in [1.82, 2.24) is 19.7 Å². The molecule has 5 nitrogen and oxygen atoms in total. The molecule has 0 aliphatic rings. The van der Waals surface area contributed by atoms with Crippen LogP contribution in [0.3, 0.4) is 0 Å². The van der Waals surface area contributed by atoms with E-state index in [2.05, 4.69) is 15.1 Å². The van der Waals surface area contributed by atoms with Crippen molar-refractivity contribution < 1.29 is 0 Å². The summed E-state index contributed by atoms with van der Waals surface area (Å²) in [5.41, 5.74) is 1.09. The van der Waals surface area contributed by atoms with E-state index in [1.165, 1.54) is 6.33 Å². The fourth-order valence-corrected chi connectivity index (χ4v) is 1.14. The van der Waals surface area contributed by atoms with Gasteiger partial charge in [0.15, 0.2) is 5.82 Å². The molecule has 5 heteroatoms. The van der Waals surface area contributed by atoms with Gasteiger partial charge in [-0.3, -0.25) is 0 Å². The maximum Gasteiger partial charge on any atom is 0.157 e. The Bertz CT molecular complexity index is 407. The first kappa shape index (κ1) is 8.68. The highest BCUT2D eigenvalue weighted by molar-refractivity contribution is 5.48. The van der Waals surface area contributed by atoms with Crippen LogP contribution >= 0.6 is 0 Å². The molecular weight excluding hydrogens is 178 g/mol. The predicted molar refractivity (Wildman–Crippen MR) is 53.5 cm³/mol. The Hall–Kier alpha value is -1.91. The summed E-state index contributed by atoms with van der Waals surface area (Å²) in [5.74, 6) is 0.772. The molecule has 0 bridgehead atoms. The van der Waals surface area contributed by atoms with E-state index in [-0.39, 0.29) is 0 Å².